The maximum absolute atomic E-state index is 14.1. The second-order valence-corrected chi connectivity index (χ2v) is 10.7. The summed E-state index contributed by atoms with van der Waals surface area (Å²) in [5, 5.41) is 0. The van der Waals surface area contributed by atoms with Gasteiger partial charge in [0.1, 0.15) is 0 Å². The third kappa shape index (κ3) is 5.18. The Bertz CT molecular complexity index is 1020. The number of hydrogen-bond donors (Lipinski definition) is 3. The van der Waals surface area contributed by atoms with Gasteiger partial charge in [0.25, 0.3) is 0 Å². The minimum absolute atomic E-state index is 0.0210. The Kier molecular flexibility index (Phi) is 7.68. The molecule has 1 saturated carbocycles. The van der Waals surface area contributed by atoms with E-state index in [0.29, 0.717) is 13.0 Å². The number of hydrogen-bond acceptors (Lipinski definition) is 4. The van der Waals surface area contributed by atoms with Crippen molar-refractivity contribution >= 4 is 24.4 Å². The van der Waals surface area contributed by atoms with Crippen LogP contribution in [-0.2, 0) is 9.59 Å². The van der Waals surface area contributed by atoms with Crippen LogP contribution < -0.4 is 11.5 Å². The van der Waals surface area contributed by atoms with Crippen LogP contribution in [0.1, 0.15) is 69.9 Å². The van der Waals surface area contributed by atoms with E-state index in [1.165, 1.54) is 6.42 Å². The zero-order valence-corrected chi connectivity index (χ0v) is 21.0. The monoisotopic (exact) mass is 479 g/mol. The maximum atomic E-state index is 14.1. The van der Waals surface area contributed by atoms with Crippen molar-refractivity contribution in [3.05, 3.63) is 54.1 Å². The summed E-state index contributed by atoms with van der Waals surface area (Å²) < 4.78 is 0. The summed E-state index contributed by atoms with van der Waals surface area (Å²) >= 11 is 4.94. The summed E-state index contributed by atoms with van der Waals surface area (Å²) in [7, 11) is 0. The normalized spacial score (nSPS) is 21.7. The number of rotatable bonds is 7. The highest BCUT2D eigenvalue weighted by Gasteiger charge is 2.42. The van der Waals surface area contributed by atoms with Crippen molar-refractivity contribution in [2.45, 2.75) is 74.8 Å². The van der Waals surface area contributed by atoms with Gasteiger partial charge in [-0.25, -0.2) is 0 Å². The van der Waals surface area contributed by atoms with E-state index >= 15 is 0 Å². The van der Waals surface area contributed by atoms with Crippen LogP contribution in [0.4, 0.5) is 0 Å². The molecule has 2 aliphatic rings. The number of carbonyl (C=O) groups is 2. The Morgan fingerprint density at radius 1 is 1.03 bits per heavy atom. The number of thiol groups is 1. The van der Waals surface area contributed by atoms with Crippen molar-refractivity contribution < 1.29 is 9.59 Å². The molecule has 1 saturated heterocycles. The predicted octanol–water partition coefficient (Wildman–Crippen LogP) is 5.10. The number of nitrogens with zero attached hydrogens (tertiary/aromatic N) is 1. The van der Waals surface area contributed by atoms with Gasteiger partial charge < -0.3 is 16.4 Å². The fourth-order valence-corrected chi connectivity index (χ4v) is 6.22. The molecular formula is C28H37N3O2S. The van der Waals surface area contributed by atoms with Crippen LogP contribution in [0.3, 0.4) is 0 Å². The number of likely N-dealkylation sites (tertiary alicyclic amines) is 1. The van der Waals surface area contributed by atoms with Gasteiger partial charge in [0, 0.05) is 17.4 Å². The molecular weight excluding hydrogens is 442 g/mol. The first-order chi connectivity index (χ1) is 16.3. The Hall–Kier alpha value is -2.31. The topological polar surface area (TPSA) is 89.4 Å². The molecule has 2 aromatic carbocycles. The summed E-state index contributed by atoms with van der Waals surface area (Å²) in [6.07, 6.45) is 7.61. The molecule has 34 heavy (non-hydrogen) atoms. The lowest BCUT2D eigenvalue weighted by Gasteiger charge is -2.38. The quantitative estimate of drug-likeness (QED) is 0.483. The van der Waals surface area contributed by atoms with Gasteiger partial charge in [-0.3, -0.25) is 9.59 Å². The average molecular weight is 480 g/mol. The first-order valence-electron chi connectivity index (χ1n) is 12.6. The molecule has 1 unspecified atom stereocenters. The van der Waals surface area contributed by atoms with Crippen molar-refractivity contribution in [1.82, 2.24) is 4.90 Å². The molecule has 2 fully saturated rings. The molecule has 2 aromatic rings. The van der Waals surface area contributed by atoms with E-state index in [4.69, 9.17) is 24.1 Å². The SMILES string of the molecule is CC(N)(C[C@H](C(=O)N1CCC[C@@H]1c1cccc(-c2ccccc2)c1S)C1CCCCC1)C(N)=O. The van der Waals surface area contributed by atoms with Gasteiger partial charge in [-0.15, -0.1) is 12.6 Å². The molecule has 0 radical (unpaired) electrons. The van der Waals surface area contributed by atoms with E-state index in [0.717, 1.165) is 60.1 Å². The van der Waals surface area contributed by atoms with Crippen LogP contribution in [0.25, 0.3) is 11.1 Å². The van der Waals surface area contributed by atoms with E-state index < -0.39 is 11.4 Å². The molecule has 1 aliphatic carbocycles. The van der Waals surface area contributed by atoms with Gasteiger partial charge >= 0.3 is 0 Å². The van der Waals surface area contributed by atoms with E-state index in [2.05, 4.69) is 30.3 Å². The van der Waals surface area contributed by atoms with Crippen molar-refractivity contribution in [3.8, 4) is 11.1 Å². The molecule has 0 aromatic heterocycles. The number of amides is 2. The van der Waals surface area contributed by atoms with Crippen molar-refractivity contribution in [2.75, 3.05) is 6.54 Å². The Labute approximate surface area is 208 Å². The average Bonchev–Trinajstić information content (AvgIpc) is 3.33. The van der Waals surface area contributed by atoms with Crippen LogP contribution in [0.15, 0.2) is 53.4 Å². The highest BCUT2D eigenvalue weighted by atomic mass is 32.1. The molecule has 5 nitrogen and oxygen atoms in total. The zero-order chi connectivity index (χ0) is 24.3. The highest BCUT2D eigenvalue weighted by molar-refractivity contribution is 7.80. The summed E-state index contributed by atoms with van der Waals surface area (Å²) in [6, 6.07) is 16.4. The van der Waals surface area contributed by atoms with E-state index in [9.17, 15) is 9.59 Å². The minimum atomic E-state index is -1.20. The predicted molar refractivity (Wildman–Crippen MR) is 139 cm³/mol. The van der Waals surface area contributed by atoms with Gasteiger partial charge in [0.2, 0.25) is 11.8 Å². The van der Waals surface area contributed by atoms with E-state index in [1.54, 1.807) is 6.92 Å². The number of carbonyl (C=O) groups excluding carboxylic acids is 2. The molecule has 4 rings (SSSR count). The van der Waals surface area contributed by atoms with Gasteiger partial charge in [-0.1, -0.05) is 67.8 Å². The van der Waals surface area contributed by atoms with Crippen molar-refractivity contribution in [1.29, 1.82) is 0 Å². The number of nitrogens with two attached hydrogens (primary N) is 2. The fourth-order valence-electron chi connectivity index (χ4n) is 5.80. The largest absolute Gasteiger partial charge is 0.368 e. The molecule has 1 aliphatic heterocycles. The van der Waals surface area contributed by atoms with Gasteiger partial charge in [0.05, 0.1) is 11.6 Å². The smallest absolute Gasteiger partial charge is 0.237 e. The van der Waals surface area contributed by atoms with Crippen LogP contribution in [0.2, 0.25) is 0 Å². The molecule has 2 amide bonds. The maximum Gasteiger partial charge on any atom is 0.237 e. The first kappa shape index (κ1) is 24.8. The van der Waals surface area contributed by atoms with Crippen LogP contribution in [0, 0.1) is 11.8 Å². The lowest BCUT2D eigenvalue weighted by Crippen LogP contribution is -2.53. The highest BCUT2D eigenvalue weighted by Crippen LogP contribution is 2.42. The summed E-state index contributed by atoms with van der Waals surface area (Å²) in [6.45, 7) is 2.38. The Morgan fingerprint density at radius 2 is 1.74 bits per heavy atom. The molecule has 0 spiro atoms. The number of benzene rings is 2. The Balaban J connectivity index is 1.64. The van der Waals surface area contributed by atoms with Gasteiger partial charge in [0.15, 0.2) is 0 Å². The summed E-state index contributed by atoms with van der Waals surface area (Å²) in [4.78, 5) is 29.1. The summed E-state index contributed by atoms with van der Waals surface area (Å²) in [5.74, 6) is -0.475. The van der Waals surface area contributed by atoms with Crippen molar-refractivity contribution in [3.63, 3.8) is 0 Å². The summed E-state index contributed by atoms with van der Waals surface area (Å²) in [5.41, 5.74) is 14.0. The third-order valence-electron chi connectivity index (χ3n) is 7.79. The molecule has 1 heterocycles. The second-order valence-electron chi connectivity index (χ2n) is 10.3. The fraction of sp³-hybridized carbons (Fsp3) is 0.500. The molecule has 4 N–H and O–H groups in total. The molecule has 3 atom stereocenters. The van der Waals surface area contributed by atoms with E-state index in [-0.39, 0.29) is 23.8 Å². The van der Waals surface area contributed by atoms with Gasteiger partial charge in [-0.2, -0.15) is 0 Å². The first-order valence-corrected chi connectivity index (χ1v) is 13.0. The minimum Gasteiger partial charge on any atom is -0.368 e. The third-order valence-corrected chi connectivity index (χ3v) is 8.29. The van der Waals surface area contributed by atoms with Crippen molar-refractivity contribution in [2.24, 2.45) is 23.3 Å². The van der Waals surface area contributed by atoms with Crippen LogP contribution in [-0.4, -0.2) is 28.8 Å². The molecule has 182 valence electrons. The van der Waals surface area contributed by atoms with Crippen LogP contribution >= 0.6 is 12.6 Å². The van der Waals surface area contributed by atoms with Gasteiger partial charge in [-0.05, 0) is 61.6 Å². The van der Waals surface area contributed by atoms with E-state index in [1.807, 2.05) is 23.1 Å². The second kappa shape index (κ2) is 10.5. The Morgan fingerprint density at radius 3 is 2.41 bits per heavy atom. The molecule has 0 bridgehead atoms. The van der Waals surface area contributed by atoms with Crippen LogP contribution in [0.5, 0.6) is 0 Å². The standard InChI is InChI=1S/C28H37N3O2S/c1-28(30,27(29)33)18-23(20-12-6-3-7-13-20)26(32)31-17-9-16-24(31)22-15-8-14-21(25(22)34)19-10-4-2-5-11-19/h2,4-5,8,10-11,14-15,20,23-24,34H,3,6-7,9,12-13,16-18,30H2,1H3,(H2,29,33)/t23-,24+,28?/m0/s1. The number of primary amides is 1. The lowest BCUT2D eigenvalue weighted by molar-refractivity contribution is -0.140. The lowest BCUT2D eigenvalue weighted by atomic mass is 9.74. The molecule has 6 heteroatoms. The zero-order valence-electron chi connectivity index (χ0n) is 20.1.